The molecule has 2 rings (SSSR count). The van der Waals surface area contributed by atoms with Crippen molar-refractivity contribution in [3.05, 3.63) is 0 Å². The summed E-state index contributed by atoms with van der Waals surface area (Å²) < 4.78 is 27.4. The average Bonchev–Trinajstić information content (AvgIpc) is 2.62. The fraction of sp³-hybridized carbons (Fsp3) is 0.938. The molecule has 0 aromatic heterocycles. The molecule has 2 saturated heterocycles. The van der Waals surface area contributed by atoms with Crippen LogP contribution in [0.25, 0.3) is 0 Å². The van der Waals surface area contributed by atoms with Crippen LogP contribution < -0.4 is 5.32 Å². The Morgan fingerprint density at radius 2 is 1.67 bits per heavy atom. The molecule has 10 atom stereocenters. The summed E-state index contributed by atoms with van der Waals surface area (Å²) in [4.78, 5) is 11.5. The molecule has 2 aliphatic heterocycles. The number of methoxy groups -OCH3 is 2. The maximum atomic E-state index is 11.5. The van der Waals surface area contributed by atoms with Crippen LogP contribution in [0.3, 0.4) is 0 Å². The minimum absolute atomic E-state index is 0.268. The van der Waals surface area contributed by atoms with Crippen LogP contribution in [0.1, 0.15) is 13.8 Å². The average molecular weight is 395 g/mol. The predicted molar refractivity (Wildman–Crippen MR) is 88.4 cm³/mol. The third-order valence-electron chi connectivity index (χ3n) is 4.85. The highest BCUT2D eigenvalue weighted by Gasteiger charge is 2.51. The van der Waals surface area contributed by atoms with Crippen LogP contribution in [0.5, 0.6) is 0 Å². The lowest BCUT2D eigenvalue weighted by Gasteiger charge is -2.47. The quantitative estimate of drug-likeness (QED) is 0.316. The molecule has 0 aliphatic carbocycles. The van der Waals surface area contributed by atoms with Gasteiger partial charge in [0.15, 0.2) is 12.6 Å². The first-order valence-electron chi connectivity index (χ1n) is 8.69. The van der Waals surface area contributed by atoms with E-state index in [0.717, 1.165) is 0 Å². The Balaban J connectivity index is 2.20. The number of hydrogen-bond donors (Lipinski definition) is 5. The van der Waals surface area contributed by atoms with Crippen LogP contribution in [-0.4, -0.2) is 109 Å². The highest BCUT2D eigenvalue weighted by molar-refractivity contribution is 5.73. The number of hydrogen-bond acceptors (Lipinski definition) is 10. The molecule has 158 valence electrons. The molecule has 0 aromatic rings. The molecule has 0 unspecified atom stereocenters. The number of nitrogens with one attached hydrogen (secondary N) is 1. The van der Waals surface area contributed by atoms with Crippen molar-refractivity contribution in [1.29, 1.82) is 0 Å². The van der Waals surface area contributed by atoms with Gasteiger partial charge in [0, 0.05) is 21.1 Å². The Bertz CT molecular complexity index is 494. The lowest BCUT2D eigenvalue weighted by Crippen LogP contribution is -2.66. The fourth-order valence-electron chi connectivity index (χ4n) is 3.45. The van der Waals surface area contributed by atoms with E-state index in [0.29, 0.717) is 0 Å². The zero-order valence-electron chi connectivity index (χ0n) is 15.7. The van der Waals surface area contributed by atoms with Crippen LogP contribution in [0.15, 0.2) is 0 Å². The number of aliphatic hydroxyl groups is 4. The summed E-state index contributed by atoms with van der Waals surface area (Å²) in [5.74, 6) is -0.268. The summed E-state index contributed by atoms with van der Waals surface area (Å²) >= 11 is 0. The number of carbonyl (C=O) groups is 1. The summed E-state index contributed by atoms with van der Waals surface area (Å²) in [6.45, 7) is 2.50. The molecule has 5 N–H and O–H groups in total. The van der Waals surface area contributed by atoms with Gasteiger partial charge in [-0.15, -0.1) is 0 Å². The van der Waals surface area contributed by atoms with Crippen molar-refractivity contribution in [3.8, 4) is 0 Å². The minimum atomic E-state index is -1.65. The first kappa shape index (κ1) is 22.4. The van der Waals surface area contributed by atoms with E-state index in [2.05, 4.69) is 5.32 Å². The number of amides is 1. The molecular weight excluding hydrogens is 366 g/mol. The Hall–Kier alpha value is -0.890. The molecule has 0 spiro atoms. The number of carbonyl (C=O) groups excluding carboxylic acids is 1. The van der Waals surface area contributed by atoms with Crippen molar-refractivity contribution in [3.63, 3.8) is 0 Å². The van der Waals surface area contributed by atoms with Gasteiger partial charge in [-0.25, -0.2) is 0 Å². The van der Waals surface area contributed by atoms with Gasteiger partial charge in [0.05, 0.1) is 18.8 Å². The summed E-state index contributed by atoms with van der Waals surface area (Å²) in [5, 5.41) is 42.3. The molecule has 0 radical (unpaired) electrons. The minimum Gasteiger partial charge on any atom is -0.394 e. The molecule has 11 nitrogen and oxygen atoms in total. The smallest absolute Gasteiger partial charge is 0.217 e. The molecule has 2 heterocycles. The molecule has 27 heavy (non-hydrogen) atoms. The van der Waals surface area contributed by atoms with Gasteiger partial charge in [-0.1, -0.05) is 0 Å². The zero-order chi connectivity index (χ0) is 20.3. The Morgan fingerprint density at radius 1 is 1.04 bits per heavy atom. The van der Waals surface area contributed by atoms with Crippen molar-refractivity contribution >= 4 is 5.91 Å². The number of rotatable bonds is 6. The SMILES string of the molecule is CO[C@@H]1[C@@H](O[C@@H]2[C@H](O)[C@H](O)O[C@H](CO)[C@H]2O)O[C@H](C)[C@@H](NC(C)=O)[C@@H]1OC. The Labute approximate surface area is 157 Å². The second-order valence-electron chi connectivity index (χ2n) is 6.67. The molecule has 0 aromatic carbocycles. The molecule has 2 aliphatic rings. The Kier molecular flexibility index (Phi) is 7.92. The molecular formula is C16H29NO10. The standard InChI is InChI=1S/C16H29NO10/c1-6-9(17-7(2)19)12(23-3)14(24-4)16(25-6)27-13-10(20)8(5-18)26-15(22)11(13)21/h6,8-16,18,20-22H,5H2,1-4H3,(H,17,19)/t6-,8-,9-,10-,11+,12+,13+,14+,15-,16-/m1/s1. The van der Waals surface area contributed by atoms with Crippen molar-refractivity contribution in [2.45, 2.75) is 75.2 Å². The van der Waals surface area contributed by atoms with Crippen LogP contribution >= 0.6 is 0 Å². The maximum Gasteiger partial charge on any atom is 0.217 e. The molecule has 0 saturated carbocycles. The normalized spacial score (nSPS) is 45.5. The van der Waals surface area contributed by atoms with Crippen molar-refractivity contribution in [2.24, 2.45) is 0 Å². The largest absolute Gasteiger partial charge is 0.394 e. The van der Waals surface area contributed by atoms with Gasteiger partial charge in [0.1, 0.15) is 36.6 Å². The second kappa shape index (κ2) is 9.54. The maximum absolute atomic E-state index is 11.5. The van der Waals surface area contributed by atoms with E-state index in [-0.39, 0.29) is 5.91 Å². The van der Waals surface area contributed by atoms with Gasteiger partial charge in [0.2, 0.25) is 5.91 Å². The first-order valence-corrected chi connectivity index (χ1v) is 8.69. The van der Waals surface area contributed by atoms with E-state index in [1.54, 1.807) is 6.92 Å². The predicted octanol–water partition coefficient (Wildman–Crippen LogP) is -2.92. The highest BCUT2D eigenvalue weighted by atomic mass is 16.7. The van der Waals surface area contributed by atoms with Crippen LogP contribution in [0.2, 0.25) is 0 Å². The number of ether oxygens (including phenoxy) is 5. The van der Waals surface area contributed by atoms with Gasteiger partial charge in [-0.2, -0.15) is 0 Å². The monoisotopic (exact) mass is 395 g/mol. The van der Waals surface area contributed by atoms with Crippen LogP contribution in [0, 0.1) is 0 Å². The van der Waals surface area contributed by atoms with E-state index in [1.165, 1.54) is 21.1 Å². The topological polar surface area (TPSA) is 156 Å². The summed E-state index contributed by atoms with van der Waals surface area (Å²) in [7, 11) is 2.85. The van der Waals surface area contributed by atoms with Gasteiger partial charge in [-0.3, -0.25) is 4.79 Å². The van der Waals surface area contributed by atoms with Crippen molar-refractivity contribution in [2.75, 3.05) is 20.8 Å². The van der Waals surface area contributed by atoms with Crippen molar-refractivity contribution < 1.29 is 48.9 Å². The number of aliphatic hydroxyl groups excluding tert-OH is 4. The molecule has 1 amide bonds. The molecule has 2 fully saturated rings. The summed E-state index contributed by atoms with van der Waals surface area (Å²) in [5.41, 5.74) is 0. The second-order valence-corrected chi connectivity index (χ2v) is 6.67. The third-order valence-corrected chi connectivity index (χ3v) is 4.85. The van der Waals surface area contributed by atoms with Gasteiger partial charge < -0.3 is 49.4 Å². The van der Waals surface area contributed by atoms with Crippen molar-refractivity contribution in [1.82, 2.24) is 5.32 Å². The zero-order valence-corrected chi connectivity index (χ0v) is 15.7. The van der Waals surface area contributed by atoms with Crippen LogP contribution in [-0.2, 0) is 28.5 Å². The van der Waals surface area contributed by atoms with E-state index < -0.39 is 68.0 Å². The highest BCUT2D eigenvalue weighted by Crippen LogP contribution is 2.30. The Morgan fingerprint density at radius 3 is 2.19 bits per heavy atom. The van der Waals surface area contributed by atoms with Gasteiger partial charge in [0.25, 0.3) is 0 Å². The summed E-state index contributed by atoms with van der Waals surface area (Å²) in [6, 6.07) is -0.516. The lowest BCUT2D eigenvalue weighted by molar-refractivity contribution is -0.348. The summed E-state index contributed by atoms with van der Waals surface area (Å²) in [6.07, 6.45) is -10.2. The molecule has 11 heteroatoms. The van der Waals surface area contributed by atoms with Gasteiger partial charge >= 0.3 is 0 Å². The van der Waals surface area contributed by atoms with E-state index in [4.69, 9.17) is 23.7 Å². The van der Waals surface area contributed by atoms with E-state index in [9.17, 15) is 25.2 Å². The first-order chi connectivity index (χ1) is 12.7. The van der Waals surface area contributed by atoms with Crippen LogP contribution in [0.4, 0.5) is 0 Å². The fourth-order valence-corrected chi connectivity index (χ4v) is 3.45. The third kappa shape index (κ3) is 4.75. The lowest BCUT2D eigenvalue weighted by atomic mass is 9.95. The van der Waals surface area contributed by atoms with E-state index in [1.807, 2.05) is 0 Å². The van der Waals surface area contributed by atoms with E-state index >= 15 is 0 Å². The molecule has 0 bridgehead atoms. The van der Waals surface area contributed by atoms with Gasteiger partial charge in [-0.05, 0) is 6.92 Å².